The van der Waals surface area contributed by atoms with E-state index >= 15 is 0 Å². The summed E-state index contributed by atoms with van der Waals surface area (Å²) in [5.41, 5.74) is -0.289. The predicted molar refractivity (Wildman–Crippen MR) is 118 cm³/mol. The summed E-state index contributed by atoms with van der Waals surface area (Å²) in [6.07, 6.45) is 0. The Labute approximate surface area is 189 Å². The summed E-state index contributed by atoms with van der Waals surface area (Å²) in [4.78, 5) is 8.85. The number of methoxy groups -OCH3 is 2. The zero-order valence-electron chi connectivity index (χ0n) is 18.8. The van der Waals surface area contributed by atoms with E-state index in [1.807, 2.05) is 0 Å². The molecule has 0 saturated carbocycles. The fourth-order valence-electron chi connectivity index (χ4n) is 3.40. The average Bonchev–Trinajstić information content (AvgIpc) is 2.78. The lowest BCUT2D eigenvalue weighted by molar-refractivity contribution is -0.0583. The van der Waals surface area contributed by atoms with Gasteiger partial charge in [0.05, 0.1) is 30.8 Å². The number of aromatic nitrogens is 2. The lowest BCUT2D eigenvalue weighted by Gasteiger charge is -2.21. The summed E-state index contributed by atoms with van der Waals surface area (Å²) in [5.74, 6) is -3.03. The van der Waals surface area contributed by atoms with Crippen LogP contribution in [0.4, 0.5) is 19.0 Å². The number of aryl methyl sites for hydroxylation is 1. The Morgan fingerprint density at radius 1 is 1.12 bits per heavy atom. The van der Waals surface area contributed by atoms with Crippen molar-refractivity contribution in [2.24, 2.45) is 0 Å². The van der Waals surface area contributed by atoms with Crippen LogP contribution in [-0.2, 0) is 10.7 Å². The van der Waals surface area contributed by atoms with Crippen molar-refractivity contribution in [1.29, 1.82) is 0 Å². The molecule has 178 valence electrons. The third-order valence-electron chi connectivity index (χ3n) is 5.08. The molecule has 0 aliphatic heterocycles. The van der Waals surface area contributed by atoms with Crippen molar-refractivity contribution in [3.8, 4) is 11.5 Å². The number of aliphatic hydroxyl groups is 1. The van der Waals surface area contributed by atoms with Gasteiger partial charge in [0.1, 0.15) is 30.7 Å². The molecule has 0 radical (unpaired) electrons. The first kappa shape index (κ1) is 24.5. The number of nitrogens with zero attached hydrogens (tertiary/aromatic N) is 2. The molecule has 0 spiro atoms. The molecule has 33 heavy (non-hydrogen) atoms. The smallest absolute Gasteiger partial charge is 0.298 e. The van der Waals surface area contributed by atoms with E-state index in [4.69, 9.17) is 19.3 Å². The van der Waals surface area contributed by atoms with Gasteiger partial charge < -0.3 is 24.6 Å². The first-order valence-electron chi connectivity index (χ1n) is 10.2. The maximum Gasteiger partial charge on any atom is 0.298 e. The predicted octanol–water partition coefficient (Wildman–Crippen LogP) is 4.37. The Morgan fingerprint density at radius 2 is 1.88 bits per heavy atom. The van der Waals surface area contributed by atoms with Crippen LogP contribution in [0.25, 0.3) is 10.9 Å². The molecule has 0 amide bonds. The number of ether oxygens (including phenoxy) is 3. The number of benzene rings is 2. The number of fused-ring (bicyclic) bond motifs is 1. The zero-order valence-corrected chi connectivity index (χ0v) is 18.8. The number of halogens is 3. The molecular formula is C23H26F3N3O4. The molecule has 0 aliphatic rings. The molecule has 0 saturated heterocycles. The van der Waals surface area contributed by atoms with Crippen LogP contribution in [0.3, 0.4) is 0 Å². The molecule has 1 heterocycles. The molecule has 10 heteroatoms. The molecule has 0 bridgehead atoms. The fourth-order valence-corrected chi connectivity index (χ4v) is 3.40. The summed E-state index contributed by atoms with van der Waals surface area (Å²) in [6.45, 7) is 2.51. The zero-order chi connectivity index (χ0) is 24.2. The highest BCUT2D eigenvalue weighted by molar-refractivity contribution is 5.92. The van der Waals surface area contributed by atoms with Gasteiger partial charge in [-0.2, -0.15) is 8.78 Å². The average molecular weight is 465 g/mol. The minimum atomic E-state index is -3.69. The standard InChI is InChI=1S/C23H26F3N3O4/c1-13(15-6-5-7-17(21(15)24)23(25,26)12-30)27-22-16-10-20(33-9-8-31-3)19(32-4)11-18(16)28-14(2)29-22/h5-7,10-11,13,30H,8-9,12H2,1-4H3,(H,27,28,29)/t13-/m1/s1. The van der Waals surface area contributed by atoms with Crippen LogP contribution in [0.5, 0.6) is 11.5 Å². The Morgan fingerprint density at radius 3 is 2.55 bits per heavy atom. The summed E-state index contributed by atoms with van der Waals surface area (Å²) >= 11 is 0. The molecule has 0 aliphatic carbocycles. The second-order valence-corrected chi connectivity index (χ2v) is 7.42. The van der Waals surface area contributed by atoms with Crippen molar-refractivity contribution < 1.29 is 32.5 Å². The van der Waals surface area contributed by atoms with Crippen LogP contribution >= 0.6 is 0 Å². The normalized spacial score (nSPS) is 12.6. The van der Waals surface area contributed by atoms with E-state index in [9.17, 15) is 13.2 Å². The van der Waals surface area contributed by atoms with Gasteiger partial charge in [0, 0.05) is 24.1 Å². The molecule has 3 aromatic rings. The van der Waals surface area contributed by atoms with Crippen molar-refractivity contribution in [2.45, 2.75) is 25.8 Å². The van der Waals surface area contributed by atoms with Crippen molar-refractivity contribution >= 4 is 16.7 Å². The molecular weight excluding hydrogens is 439 g/mol. The van der Waals surface area contributed by atoms with Crippen LogP contribution in [0.15, 0.2) is 30.3 Å². The van der Waals surface area contributed by atoms with E-state index in [1.54, 1.807) is 33.1 Å². The molecule has 3 rings (SSSR count). The number of aliphatic hydroxyl groups excluding tert-OH is 1. The summed E-state index contributed by atoms with van der Waals surface area (Å²) < 4.78 is 59.0. The lowest BCUT2D eigenvalue weighted by atomic mass is 10.00. The van der Waals surface area contributed by atoms with Gasteiger partial charge in [-0.1, -0.05) is 12.1 Å². The molecule has 1 atom stereocenters. The quantitative estimate of drug-likeness (QED) is 0.430. The Bertz CT molecular complexity index is 1130. The van der Waals surface area contributed by atoms with Gasteiger partial charge in [0.15, 0.2) is 11.5 Å². The van der Waals surface area contributed by atoms with Gasteiger partial charge in [-0.05, 0) is 26.0 Å². The van der Waals surface area contributed by atoms with Crippen LogP contribution in [-0.4, -0.2) is 49.1 Å². The van der Waals surface area contributed by atoms with E-state index in [-0.39, 0.29) is 5.56 Å². The van der Waals surface area contributed by atoms with E-state index < -0.39 is 30.0 Å². The van der Waals surface area contributed by atoms with Gasteiger partial charge in [-0.3, -0.25) is 0 Å². The molecule has 0 fully saturated rings. The number of rotatable bonds is 10. The molecule has 2 N–H and O–H groups in total. The fraction of sp³-hybridized carbons (Fsp3) is 0.391. The van der Waals surface area contributed by atoms with Gasteiger partial charge in [0.2, 0.25) is 0 Å². The maximum atomic E-state index is 14.9. The largest absolute Gasteiger partial charge is 0.493 e. The van der Waals surface area contributed by atoms with E-state index in [0.717, 1.165) is 6.07 Å². The summed E-state index contributed by atoms with van der Waals surface area (Å²) in [7, 11) is 3.07. The maximum absolute atomic E-state index is 14.9. The second-order valence-electron chi connectivity index (χ2n) is 7.42. The number of anilines is 1. The van der Waals surface area contributed by atoms with Crippen LogP contribution in [0.2, 0.25) is 0 Å². The van der Waals surface area contributed by atoms with Gasteiger partial charge in [-0.15, -0.1) is 0 Å². The minimum Gasteiger partial charge on any atom is -0.493 e. The Hall–Kier alpha value is -3.11. The van der Waals surface area contributed by atoms with E-state index in [1.165, 1.54) is 19.2 Å². The molecule has 1 aromatic heterocycles. The Balaban J connectivity index is 2.02. The number of alkyl halides is 2. The highest BCUT2D eigenvalue weighted by Gasteiger charge is 2.35. The van der Waals surface area contributed by atoms with Gasteiger partial charge in [-0.25, -0.2) is 14.4 Å². The van der Waals surface area contributed by atoms with E-state index in [0.29, 0.717) is 47.3 Å². The third kappa shape index (κ3) is 5.28. The first-order valence-corrected chi connectivity index (χ1v) is 10.2. The van der Waals surface area contributed by atoms with Crippen LogP contribution < -0.4 is 14.8 Å². The van der Waals surface area contributed by atoms with Crippen molar-refractivity contribution in [3.63, 3.8) is 0 Å². The van der Waals surface area contributed by atoms with Crippen LogP contribution in [0, 0.1) is 12.7 Å². The van der Waals surface area contributed by atoms with Gasteiger partial charge in [0.25, 0.3) is 5.92 Å². The first-order chi connectivity index (χ1) is 15.7. The lowest BCUT2D eigenvalue weighted by Crippen LogP contribution is -2.22. The van der Waals surface area contributed by atoms with E-state index in [2.05, 4.69) is 15.3 Å². The van der Waals surface area contributed by atoms with Crippen molar-refractivity contribution in [2.75, 3.05) is 39.4 Å². The molecule has 2 aromatic carbocycles. The Kier molecular flexibility index (Phi) is 7.60. The molecule has 7 nitrogen and oxygen atoms in total. The van der Waals surface area contributed by atoms with Crippen molar-refractivity contribution in [1.82, 2.24) is 9.97 Å². The molecule has 0 unspecified atom stereocenters. The third-order valence-corrected chi connectivity index (χ3v) is 5.08. The topological polar surface area (TPSA) is 85.7 Å². The van der Waals surface area contributed by atoms with Crippen LogP contribution in [0.1, 0.15) is 29.9 Å². The number of nitrogens with one attached hydrogen (secondary N) is 1. The monoisotopic (exact) mass is 465 g/mol. The summed E-state index contributed by atoms with van der Waals surface area (Å²) in [6, 6.07) is 6.36. The summed E-state index contributed by atoms with van der Waals surface area (Å²) in [5, 5.41) is 12.6. The number of hydrogen-bond acceptors (Lipinski definition) is 7. The SMILES string of the molecule is COCCOc1cc2c(N[C@H](C)c3cccc(C(F)(F)CO)c3F)nc(C)nc2cc1OC. The number of hydrogen-bond donors (Lipinski definition) is 2. The second kappa shape index (κ2) is 10.2. The van der Waals surface area contributed by atoms with Crippen molar-refractivity contribution in [3.05, 3.63) is 53.1 Å². The minimum absolute atomic E-state index is 0.00937. The highest BCUT2D eigenvalue weighted by Crippen LogP contribution is 2.37. The highest BCUT2D eigenvalue weighted by atomic mass is 19.3. The van der Waals surface area contributed by atoms with Gasteiger partial charge >= 0.3 is 0 Å².